The average molecular weight is 411 g/mol. The van der Waals surface area contributed by atoms with E-state index >= 15 is 0 Å². The first-order chi connectivity index (χ1) is 13.9. The van der Waals surface area contributed by atoms with Crippen molar-refractivity contribution in [3.63, 3.8) is 0 Å². The second-order valence-corrected chi connectivity index (χ2v) is 8.80. The molecule has 0 bridgehead atoms. The van der Waals surface area contributed by atoms with Crippen LogP contribution in [0.1, 0.15) is 17.2 Å². The smallest absolute Gasteiger partial charge is 0.322 e. The minimum atomic E-state index is -3.94. The van der Waals surface area contributed by atoms with Crippen LogP contribution in [-0.2, 0) is 19.6 Å². The van der Waals surface area contributed by atoms with Crippen molar-refractivity contribution in [1.29, 1.82) is 0 Å². The van der Waals surface area contributed by atoms with Crippen LogP contribution < -0.4 is 0 Å². The van der Waals surface area contributed by atoms with Gasteiger partial charge in [-0.15, -0.1) is 0 Å². The quantitative estimate of drug-likeness (QED) is 0.600. The Kier molecular flexibility index (Phi) is 4.94. The van der Waals surface area contributed by atoms with Gasteiger partial charge in [-0.25, -0.2) is 12.8 Å². The van der Waals surface area contributed by atoms with Gasteiger partial charge >= 0.3 is 5.97 Å². The van der Waals surface area contributed by atoms with Crippen LogP contribution in [0.4, 0.5) is 4.39 Å². The summed E-state index contributed by atoms with van der Waals surface area (Å²) < 4.78 is 44.9. The van der Waals surface area contributed by atoms with Gasteiger partial charge in [0.15, 0.2) is 6.10 Å². The Morgan fingerprint density at radius 3 is 2.00 bits per heavy atom. The number of halogens is 1. The van der Waals surface area contributed by atoms with Gasteiger partial charge in [0, 0.05) is 18.2 Å². The molecule has 0 spiro atoms. The number of nitrogens with zero attached hydrogens (tertiary/aromatic N) is 1. The fourth-order valence-electron chi connectivity index (χ4n) is 3.46. The summed E-state index contributed by atoms with van der Waals surface area (Å²) in [4.78, 5) is 12.5. The summed E-state index contributed by atoms with van der Waals surface area (Å²) in [6.07, 6.45) is -0.586. The largest absolute Gasteiger partial charge is 0.452 e. The third-order valence-electron chi connectivity index (χ3n) is 4.90. The van der Waals surface area contributed by atoms with Gasteiger partial charge in [-0.1, -0.05) is 48.5 Å². The first-order valence-electron chi connectivity index (χ1n) is 8.97. The number of sulfonamides is 1. The molecule has 3 aromatic rings. The Labute approximate surface area is 168 Å². The van der Waals surface area contributed by atoms with Crippen LogP contribution in [0.5, 0.6) is 0 Å². The number of fused-ring (bicyclic) bond motifs is 3. The number of carbonyl (C=O) groups is 1. The zero-order valence-electron chi connectivity index (χ0n) is 15.6. The van der Waals surface area contributed by atoms with Crippen LogP contribution >= 0.6 is 0 Å². The molecule has 0 unspecified atom stereocenters. The Hall–Kier alpha value is -3.03. The number of hydrogen-bond acceptors (Lipinski definition) is 4. The molecule has 1 aliphatic carbocycles. The minimum Gasteiger partial charge on any atom is -0.452 e. The van der Waals surface area contributed by atoms with Gasteiger partial charge in [0.05, 0.1) is 4.90 Å². The summed E-state index contributed by atoms with van der Waals surface area (Å²) >= 11 is 0. The third-order valence-corrected chi connectivity index (χ3v) is 6.72. The van der Waals surface area contributed by atoms with Crippen LogP contribution in [0, 0.1) is 5.82 Å². The predicted molar refractivity (Wildman–Crippen MR) is 106 cm³/mol. The summed E-state index contributed by atoms with van der Waals surface area (Å²) in [6.45, 7) is -0.458. The maximum Gasteiger partial charge on any atom is 0.322 e. The molecule has 0 fully saturated rings. The van der Waals surface area contributed by atoms with Crippen molar-refractivity contribution >= 4 is 16.0 Å². The number of hydrogen-bond donors (Lipinski definition) is 0. The fourth-order valence-corrected chi connectivity index (χ4v) is 4.57. The van der Waals surface area contributed by atoms with E-state index in [1.165, 1.54) is 7.05 Å². The lowest BCUT2D eigenvalue weighted by Gasteiger charge is -2.19. The molecule has 3 aromatic carbocycles. The molecule has 5 nitrogen and oxygen atoms in total. The molecule has 0 heterocycles. The Morgan fingerprint density at radius 1 is 0.931 bits per heavy atom. The van der Waals surface area contributed by atoms with E-state index in [9.17, 15) is 17.6 Å². The van der Waals surface area contributed by atoms with E-state index in [2.05, 4.69) is 0 Å². The molecule has 0 saturated heterocycles. The first kappa shape index (κ1) is 19.3. The van der Waals surface area contributed by atoms with Crippen molar-refractivity contribution in [2.24, 2.45) is 0 Å². The van der Waals surface area contributed by atoms with E-state index < -0.39 is 34.5 Å². The standard InChI is InChI=1S/C22H18FNO4S/c1-24(29(26,27)16-12-10-15(23)11-13-16)14-21(25)28-22-19-8-4-2-6-17(19)18-7-3-5-9-20(18)22/h2-13,22H,14H2,1H3. The second kappa shape index (κ2) is 7.42. The van der Waals surface area contributed by atoms with Crippen molar-refractivity contribution < 1.29 is 22.3 Å². The van der Waals surface area contributed by atoms with Gasteiger partial charge in [-0.2, -0.15) is 4.31 Å². The van der Waals surface area contributed by atoms with Gasteiger partial charge in [0.25, 0.3) is 0 Å². The lowest BCUT2D eigenvalue weighted by atomic mass is 10.1. The molecule has 29 heavy (non-hydrogen) atoms. The molecule has 0 atom stereocenters. The highest BCUT2D eigenvalue weighted by Crippen LogP contribution is 2.45. The molecule has 0 amide bonds. The molecule has 0 saturated carbocycles. The van der Waals surface area contributed by atoms with Crippen LogP contribution in [0.25, 0.3) is 11.1 Å². The van der Waals surface area contributed by atoms with Crippen molar-refractivity contribution in [3.8, 4) is 11.1 Å². The lowest BCUT2D eigenvalue weighted by molar-refractivity contribution is -0.147. The molecular formula is C22H18FNO4S. The van der Waals surface area contributed by atoms with Crippen LogP contribution in [-0.4, -0.2) is 32.3 Å². The molecule has 0 N–H and O–H groups in total. The second-order valence-electron chi connectivity index (χ2n) is 6.76. The van der Waals surface area contributed by atoms with Crippen molar-refractivity contribution in [1.82, 2.24) is 4.31 Å². The number of likely N-dealkylation sites (N-methyl/N-ethyl adjacent to an activating group) is 1. The van der Waals surface area contributed by atoms with Gasteiger partial charge in [-0.05, 0) is 35.4 Å². The molecule has 0 radical (unpaired) electrons. The van der Waals surface area contributed by atoms with Crippen LogP contribution in [0.2, 0.25) is 0 Å². The van der Waals surface area contributed by atoms with Crippen LogP contribution in [0.3, 0.4) is 0 Å². The van der Waals surface area contributed by atoms with Crippen LogP contribution in [0.15, 0.2) is 77.7 Å². The predicted octanol–water partition coefficient (Wildman–Crippen LogP) is 3.76. The lowest BCUT2D eigenvalue weighted by Crippen LogP contribution is -2.33. The van der Waals surface area contributed by atoms with Crippen molar-refractivity contribution in [2.45, 2.75) is 11.0 Å². The maximum absolute atomic E-state index is 13.1. The maximum atomic E-state index is 13.1. The van der Waals surface area contributed by atoms with Gasteiger partial charge < -0.3 is 4.74 Å². The van der Waals surface area contributed by atoms with Crippen molar-refractivity contribution in [2.75, 3.05) is 13.6 Å². The zero-order valence-corrected chi connectivity index (χ0v) is 16.4. The molecule has 148 valence electrons. The van der Waals surface area contributed by atoms with E-state index in [0.29, 0.717) is 0 Å². The number of rotatable bonds is 5. The number of carbonyl (C=O) groups excluding carboxylic acids is 1. The van der Waals surface area contributed by atoms with E-state index in [4.69, 9.17) is 4.74 Å². The van der Waals surface area contributed by atoms with Gasteiger partial charge in [-0.3, -0.25) is 4.79 Å². The summed E-state index contributed by atoms with van der Waals surface area (Å²) in [5, 5.41) is 0. The third kappa shape index (κ3) is 3.54. The van der Waals surface area contributed by atoms with Crippen molar-refractivity contribution in [3.05, 3.63) is 89.7 Å². The number of ether oxygens (including phenoxy) is 1. The van der Waals surface area contributed by atoms with Gasteiger partial charge in [0.2, 0.25) is 10.0 Å². The summed E-state index contributed by atoms with van der Waals surface area (Å²) in [7, 11) is -2.65. The van der Waals surface area contributed by atoms with E-state index in [0.717, 1.165) is 50.8 Å². The molecule has 7 heteroatoms. The minimum absolute atomic E-state index is 0.0919. The monoisotopic (exact) mass is 411 g/mol. The summed E-state index contributed by atoms with van der Waals surface area (Å²) in [5.74, 6) is -1.21. The normalized spacial score (nSPS) is 13.2. The number of benzene rings is 3. The Balaban J connectivity index is 1.54. The van der Waals surface area contributed by atoms with E-state index in [1.807, 2.05) is 48.5 Å². The van der Waals surface area contributed by atoms with Gasteiger partial charge in [0.1, 0.15) is 12.4 Å². The highest BCUT2D eigenvalue weighted by atomic mass is 32.2. The Morgan fingerprint density at radius 2 is 1.45 bits per heavy atom. The summed E-state index contributed by atoms with van der Waals surface area (Å²) in [6, 6.07) is 19.8. The van der Waals surface area contributed by atoms with E-state index in [1.54, 1.807) is 0 Å². The molecule has 1 aliphatic rings. The zero-order chi connectivity index (χ0) is 20.6. The summed E-state index contributed by atoms with van der Waals surface area (Å²) in [5.41, 5.74) is 3.72. The molecule has 0 aromatic heterocycles. The fraction of sp³-hybridized carbons (Fsp3) is 0.136. The van der Waals surface area contributed by atoms with E-state index in [-0.39, 0.29) is 4.90 Å². The topological polar surface area (TPSA) is 63.7 Å². The highest BCUT2D eigenvalue weighted by molar-refractivity contribution is 7.89. The highest BCUT2D eigenvalue weighted by Gasteiger charge is 2.32. The molecular weight excluding hydrogens is 393 g/mol. The first-order valence-corrected chi connectivity index (χ1v) is 10.4. The SMILES string of the molecule is CN(CC(=O)OC1c2ccccc2-c2ccccc21)S(=O)(=O)c1ccc(F)cc1. The average Bonchev–Trinajstić information content (AvgIpc) is 3.02. The molecule has 4 rings (SSSR count). The number of esters is 1. The Bertz CT molecular complexity index is 1130. The molecule has 0 aliphatic heterocycles.